The van der Waals surface area contributed by atoms with E-state index in [-0.39, 0.29) is 67.7 Å². The van der Waals surface area contributed by atoms with Gasteiger partial charge in [-0.2, -0.15) is 53.4 Å². The molecule has 4 aromatic carbocycles. The molecule has 2 aliphatic carbocycles. The van der Waals surface area contributed by atoms with Gasteiger partial charge in [-0.05, 0) is 73.2 Å². The Labute approximate surface area is 360 Å². The van der Waals surface area contributed by atoms with E-state index in [9.17, 15) is 25.9 Å². The van der Waals surface area contributed by atoms with E-state index in [1.54, 1.807) is 0 Å². The summed E-state index contributed by atoms with van der Waals surface area (Å²) in [5.74, 6) is -4.16. The van der Waals surface area contributed by atoms with Crippen LogP contribution in [0.3, 0.4) is 0 Å². The smallest absolute Gasteiger partial charge is 0.282 e. The Morgan fingerprint density at radius 3 is 1.27 bits per heavy atom. The molecule has 332 valence electrons. The lowest BCUT2D eigenvalue weighted by Crippen LogP contribution is -2.23. The lowest BCUT2D eigenvalue weighted by molar-refractivity contribution is -0.153. The highest BCUT2D eigenvalue weighted by atomic mass is 32.2. The maximum atomic E-state index is 15.1. The van der Waals surface area contributed by atoms with Crippen LogP contribution < -0.4 is 0 Å². The first kappa shape index (κ1) is 44.3. The van der Waals surface area contributed by atoms with Crippen LogP contribution in [0.25, 0.3) is 22.5 Å². The number of rotatable bonds is 14. The largest absolute Gasteiger partial charge is 0.397 e. The van der Waals surface area contributed by atoms with Gasteiger partial charge in [0.05, 0.1) is 57.5 Å². The molecule has 2 N–H and O–H groups in total. The molecule has 2 aromatic heterocycles. The first-order valence-electron chi connectivity index (χ1n) is 20.2. The predicted molar refractivity (Wildman–Crippen MR) is 222 cm³/mol. The van der Waals surface area contributed by atoms with Gasteiger partial charge in [-0.3, -0.25) is 18.5 Å². The van der Waals surface area contributed by atoms with Crippen molar-refractivity contribution in [2.75, 3.05) is 0 Å². The minimum absolute atomic E-state index is 0.0214. The highest BCUT2D eigenvalue weighted by Gasteiger charge is 2.47. The van der Waals surface area contributed by atoms with Crippen molar-refractivity contribution in [3.05, 3.63) is 141 Å². The van der Waals surface area contributed by atoms with Crippen molar-refractivity contribution < 1.29 is 52.3 Å². The Morgan fingerprint density at radius 1 is 0.571 bits per heavy atom. The maximum absolute atomic E-state index is 15.1. The van der Waals surface area contributed by atoms with E-state index in [0.29, 0.717) is 33.6 Å². The highest BCUT2D eigenvalue weighted by molar-refractivity contribution is 7.86. The minimum atomic E-state index is -4.78. The third-order valence-corrected chi connectivity index (χ3v) is 13.7. The fraction of sp³-hybridized carbons (Fsp3) is 0.333. The number of alkyl halides is 6. The standard InChI is InChI=1S/C45H42F6N4O6S2/c1-26-8-12-28(13-9-26)24-54-42-34-18-16-32(62(56,57)58)20-30(34)22-36(42)40(52-54)38(44(46,47)48)6-4-3-5-7-39(45(49,50)51)41-37-23-31-21-33(63(59,60)61)17-19-35(31)43(37)55(53-41)25-29-14-10-27(2)11-15-29/h8-21,38-39H,3-7,22-25H2,1-2H3,(H,56,57,58)(H,59,60,61). The van der Waals surface area contributed by atoms with Gasteiger partial charge in [0.2, 0.25) is 0 Å². The zero-order chi connectivity index (χ0) is 45.2. The molecule has 0 radical (unpaired) electrons. The average molecular weight is 913 g/mol. The average Bonchev–Trinajstić information content (AvgIpc) is 3.94. The Hall–Kier alpha value is -5.30. The van der Waals surface area contributed by atoms with Crippen molar-refractivity contribution in [2.24, 2.45) is 0 Å². The summed E-state index contributed by atoms with van der Waals surface area (Å²) in [4.78, 5) is -0.788. The van der Waals surface area contributed by atoms with E-state index in [0.717, 1.165) is 22.3 Å². The number of benzene rings is 4. The van der Waals surface area contributed by atoms with Gasteiger partial charge < -0.3 is 0 Å². The van der Waals surface area contributed by atoms with Crippen molar-refractivity contribution in [1.29, 1.82) is 0 Å². The third kappa shape index (κ3) is 9.08. The van der Waals surface area contributed by atoms with E-state index >= 15 is 26.3 Å². The van der Waals surface area contributed by atoms with Gasteiger partial charge in [0, 0.05) is 35.1 Å². The van der Waals surface area contributed by atoms with Crippen LogP contribution in [0.2, 0.25) is 0 Å². The molecule has 10 nitrogen and oxygen atoms in total. The molecule has 18 heteroatoms. The molecule has 2 heterocycles. The second-order valence-corrected chi connectivity index (χ2v) is 19.3. The van der Waals surface area contributed by atoms with E-state index in [4.69, 9.17) is 0 Å². The van der Waals surface area contributed by atoms with Crippen molar-refractivity contribution >= 4 is 20.2 Å². The van der Waals surface area contributed by atoms with Crippen LogP contribution in [0.5, 0.6) is 0 Å². The van der Waals surface area contributed by atoms with Crippen molar-refractivity contribution in [3.8, 4) is 22.5 Å². The van der Waals surface area contributed by atoms with E-state index in [2.05, 4.69) is 10.2 Å². The Bertz CT molecular complexity index is 2740. The monoisotopic (exact) mass is 912 g/mol. The summed E-state index contributed by atoms with van der Waals surface area (Å²) >= 11 is 0. The molecule has 0 aliphatic heterocycles. The predicted octanol–water partition coefficient (Wildman–Crippen LogP) is 10.4. The number of hydrogen-bond acceptors (Lipinski definition) is 6. The molecule has 0 spiro atoms. The quantitative estimate of drug-likeness (QED) is 0.0623. The molecule has 63 heavy (non-hydrogen) atoms. The topological polar surface area (TPSA) is 144 Å². The second kappa shape index (κ2) is 16.4. The summed E-state index contributed by atoms with van der Waals surface area (Å²) in [6.45, 7) is 4.02. The number of unbranched alkanes of at least 4 members (excludes halogenated alkanes) is 2. The minimum Gasteiger partial charge on any atom is -0.282 e. The van der Waals surface area contributed by atoms with E-state index in [1.807, 2.05) is 62.4 Å². The summed E-state index contributed by atoms with van der Waals surface area (Å²) < 4.78 is 160. The van der Waals surface area contributed by atoms with Gasteiger partial charge in [0.15, 0.2) is 0 Å². The van der Waals surface area contributed by atoms with Gasteiger partial charge in [-0.1, -0.05) is 91.1 Å². The summed E-state index contributed by atoms with van der Waals surface area (Å²) in [7, 11) is -9.20. The number of nitrogens with zero attached hydrogens (tertiary/aromatic N) is 4. The summed E-state index contributed by atoms with van der Waals surface area (Å²) in [6.07, 6.45) is -10.8. The van der Waals surface area contributed by atoms with Crippen LogP contribution >= 0.6 is 0 Å². The van der Waals surface area contributed by atoms with Crippen LogP contribution in [-0.4, -0.2) is 57.9 Å². The van der Waals surface area contributed by atoms with Crippen molar-refractivity contribution in [3.63, 3.8) is 0 Å². The van der Waals surface area contributed by atoms with Gasteiger partial charge in [-0.25, -0.2) is 0 Å². The molecule has 0 saturated carbocycles. The number of fused-ring (bicyclic) bond motifs is 6. The Morgan fingerprint density at radius 2 is 0.937 bits per heavy atom. The Kier molecular flexibility index (Phi) is 11.5. The fourth-order valence-corrected chi connectivity index (χ4v) is 9.95. The highest BCUT2D eigenvalue weighted by Crippen LogP contribution is 2.49. The molecule has 2 unspecified atom stereocenters. The number of aromatic nitrogens is 4. The zero-order valence-corrected chi connectivity index (χ0v) is 35.6. The zero-order valence-electron chi connectivity index (χ0n) is 34.0. The Balaban J connectivity index is 1.05. The summed E-state index contributed by atoms with van der Waals surface area (Å²) in [5, 5.41) is 9.03. The normalized spacial score (nSPS) is 14.6. The van der Waals surface area contributed by atoms with Crippen LogP contribution in [0.15, 0.2) is 94.7 Å². The molecular weight excluding hydrogens is 871 g/mol. The number of aryl methyl sites for hydroxylation is 2. The number of halogens is 6. The summed E-state index contributed by atoms with van der Waals surface area (Å²) in [6, 6.07) is 22.5. The molecule has 8 rings (SSSR count). The maximum Gasteiger partial charge on any atom is 0.397 e. The molecule has 0 amide bonds. The second-order valence-electron chi connectivity index (χ2n) is 16.5. The molecule has 2 aliphatic rings. The van der Waals surface area contributed by atoms with Gasteiger partial charge >= 0.3 is 12.4 Å². The van der Waals surface area contributed by atoms with Gasteiger partial charge in [0.1, 0.15) is 0 Å². The van der Waals surface area contributed by atoms with Crippen LogP contribution in [0.1, 0.15) is 99.8 Å². The van der Waals surface area contributed by atoms with Gasteiger partial charge in [-0.15, -0.1) is 0 Å². The van der Waals surface area contributed by atoms with Crippen LogP contribution in [0.4, 0.5) is 26.3 Å². The van der Waals surface area contributed by atoms with E-state index in [1.165, 1.54) is 45.8 Å². The lowest BCUT2D eigenvalue weighted by atomic mass is 9.91. The number of hydrogen-bond donors (Lipinski definition) is 2. The molecule has 6 aromatic rings. The first-order chi connectivity index (χ1) is 29.6. The van der Waals surface area contributed by atoms with Crippen LogP contribution in [-0.2, 0) is 46.2 Å². The molecule has 0 bridgehead atoms. The van der Waals surface area contributed by atoms with Gasteiger partial charge in [0.25, 0.3) is 20.2 Å². The molecular formula is C45H42F6N4O6S2. The van der Waals surface area contributed by atoms with Crippen LogP contribution in [0, 0.1) is 13.8 Å². The third-order valence-electron chi connectivity index (χ3n) is 12.0. The molecule has 0 fully saturated rings. The molecule has 2 atom stereocenters. The fourth-order valence-electron chi connectivity index (χ4n) is 8.89. The molecule has 0 saturated heterocycles. The first-order valence-corrected chi connectivity index (χ1v) is 23.1. The van der Waals surface area contributed by atoms with Crippen molar-refractivity contribution in [2.45, 2.75) is 106 Å². The lowest BCUT2D eigenvalue weighted by Gasteiger charge is -2.21. The SMILES string of the molecule is Cc1ccc(Cn2nc(C(CCCCCC(c3nn(Cc4ccc(C)cc4)c4c3Cc3cc(S(=O)(=O)O)ccc3-4)C(F)(F)F)C(F)(F)F)c3c2-c2ccc(S(=O)(=O)O)cc2C3)cc1. The summed E-state index contributed by atoms with van der Waals surface area (Å²) in [5.41, 5.74) is 6.12. The van der Waals surface area contributed by atoms with E-state index < -0.39 is 67.1 Å². The van der Waals surface area contributed by atoms with Crippen molar-refractivity contribution in [1.82, 2.24) is 19.6 Å².